The number of rotatable bonds is 5. The van der Waals surface area contributed by atoms with Gasteiger partial charge in [-0.2, -0.15) is 0 Å². The highest BCUT2D eigenvalue weighted by molar-refractivity contribution is 9.09. The summed E-state index contributed by atoms with van der Waals surface area (Å²) in [6.45, 7) is 5.63. The van der Waals surface area contributed by atoms with Crippen LogP contribution in [0, 0.1) is 17.0 Å². The summed E-state index contributed by atoms with van der Waals surface area (Å²) in [5.41, 5.74) is 0.726. The Morgan fingerprint density at radius 1 is 1.53 bits per heavy atom. The van der Waals surface area contributed by atoms with Crippen molar-refractivity contribution in [2.75, 3.05) is 5.33 Å². The fraction of sp³-hybridized carbons (Fsp3) is 0.462. The molecule has 104 valence electrons. The smallest absolute Gasteiger partial charge is 0.269 e. The Kier molecular flexibility index (Phi) is 5.05. The predicted octanol–water partition coefficient (Wildman–Crippen LogP) is 3.20. The summed E-state index contributed by atoms with van der Waals surface area (Å²) in [7, 11) is 0. The summed E-state index contributed by atoms with van der Waals surface area (Å²) >= 11 is 3.38. The van der Waals surface area contributed by atoms with Crippen LogP contribution in [0.1, 0.15) is 36.2 Å². The van der Waals surface area contributed by atoms with Gasteiger partial charge in [0.1, 0.15) is 0 Å². The average Bonchev–Trinajstić information content (AvgIpc) is 2.38. The van der Waals surface area contributed by atoms with Crippen molar-refractivity contribution in [2.45, 2.75) is 32.7 Å². The van der Waals surface area contributed by atoms with Crippen LogP contribution in [0.25, 0.3) is 0 Å². The van der Waals surface area contributed by atoms with Gasteiger partial charge < -0.3 is 5.32 Å². The molecule has 1 atom stereocenters. The van der Waals surface area contributed by atoms with E-state index in [9.17, 15) is 14.9 Å². The molecule has 1 rings (SSSR count). The molecule has 0 aliphatic rings. The molecule has 0 aliphatic carbocycles. The zero-order chi connectivity index (χ0) is 14.6. The number of non-ortho nitro benzene ring substituents is 1. The normalized spacial score (nSPS) is 13.7. The topological polar surface area (TPSA) is 72.2 Å². The molecule has 0 spiro atoms. The maximum Gasteiger partial charge on any atom is 0.269 e. The van der Waals surface area contributed by atoms with Crippen LogP contribution in [0.4, 0.5) is 5.69 Å². The van der Waals surface area contributed by atoms with Crippen LogP contribution in [0.5, 0.6) is 0 Å². The third-order valence-corrected chi connectivity index (χ3v) is 4.39. The molecular weight excluding hydrogens is 312 g/mol. The molecule has 5 nitrogen and oxygen atoms in total. The Hall–Kier alpha value is -1.43. The van der Waals surface area contributed by atoms with Gasteiger partial charge in [-0.3, -0.25) is 14.9 Å². The van der Waals surface area contributed by atoms with Crippen molar-refractivity contribution in [2.24, 2.45) is 0 Å². The zero-order valence-electron chi connectivity index (χ0n) is 11.2. The van der Waals surface area contributed by atoms with Gasteiger partial charge in [-0.15, -0.1) is 0 Å². The number of carbonyl (C=O) groups is 1. The minimum atomic E-state index is -0.469. The zero-order valence-corrected chi connectivity index (χ0v) is 12.8. The summed E-state index contributed by atoms with van der Waals surface area (Å²) < 4.78 is 0. The molecule has 0 fully saturated rings. The molecule has 0 bridgehead atoms. The number of nitro groups is 1. The molecule has 1 N–H and O–H groups in total. The second-order valence-corrected chi connectivity index (χ2v) is 5.32. The Morgan fingerprint density at radius 2 is 2.16 bits per heavy atom. The first kappa shape index (κ1) is 15.6. The van der Waals surface area contributed by atoms with E-state index in [0.717, 1.165) is 6.42 Å². The molecule has 1 aromatic carbocycles. The van der Waals surface area contributed by atoms with Gasteiger partial charge in [0.05, 0.1) is 4.92 Å². The minimum absolute atomic E-state index is 0.00667. The number of alkyl halides is 1. The summed E-state index contributed by atoms with van der Waals surface area (Å²) in [4.78, 5) is 22.4. The fourth-order valence-electron chi connectivity index (χ4n) is 1.57. The van der Waals surface area contributed by atoms with Crippen LogP contribution in [-0.2, 0) is 0 Å². The first-order chi connectivity index (χ1) is 8.83. The minimum Gasteiger partial charge on any atom is -0.346 e. The highest BCUT2D eigenvalue weighted by Gasteiger charge is 2.24. The fourth-order valence-corrected chi connectivity index (χ4v) is 2.11. The first-order valence-corrected chi connectivity index (χ1v) is 7.08. The van der Waals surface area contributed by atoms with Gasteiger partial charge in [-0.1, -0.05) is 22.9 Å². The Morgan fingerprint density at radius 3 is 2.58 bits per heavy atom. The summed E-state index contributed by atoms with van der Waals surface area (Å²) in [6, 6.07) is 4.25. The van der Waals surface area contributed by atoms with Crippen LogP contribution in [0.2, 0.25) is 0 Å². The molecule has 0 aromatic heterocycles. The van der Waals surface area contributed by atoms with Crippen molar-refractivity contribution in [3.8, 4) is 0 Å². The van der Waals surface area contributed by atoms with E-state index in [1.807, 2.05) is 13.8 Å². The maximum absolute atomic E-state index is 12.2. The third kappa shape index (κ3) is 3.76. The van der Waals surface area contributed by atoms with Gasteiger partial charge >= 0.3 is 0 Å². The molecule has 1 aromatic rings. The molecule has 0 heterocycles. The van der Waals surface area contributed by atoms with E-state index in [1.54, 1.807) is 6.92 Å². The predicted molar refractivity (Wildman–Crippen MR) is 77.8 cm³/mol. The van der Waals surface area contributed by atoms with E-state index in [2.05, 4.69) is 21.2 Å². The van der Waals surface area contributed by atoms with E-state index in [4.69, 9.17) is 0 Å². The number of amides is 1. The Balaban J connectivity index is 2.98. The number of hydrogen-bond donors (Lipinski definition) is 1. The summed E-state index contributed by atoms with van der Waals surface area (Å²) in [6.07, 6.45) is 0.788. The van der Waals surface area contributed by atoms with Gasteiger partial charge in [0.25, 0.3) is 11.6 Å². The first-order valence-electron chi connectivity index (χ1n) is 5.96. The molecule has 0 saturated carbocycles. The highest BCUT2D eigenvalue weighted by atomic mass is 79.9. The van der Waals surface area contributed by atoms with E-state index in [1.165, 1.54) is 18.2 Å². The van der Waals surface area contributed by atoms with E-state index in [-0.39, 0.29) is 17.1 Å². The SMILES string of the molecule is CCC(C)(CBr)NC(=O)c1ccc([N+](=O)[O-])cc1C. The quantitative estimate of drug-likeness (QED) is 0.512. The lowest BCUT2D eigenvalue weighted by Gasteiger charge is -2.27. The van der Waals surface area contributed by atoms with Gasteiger partial charge in [-0.25, -0.2) is 0 Å². The van der Waals surface area contributed by atoms with Crippen molar-refractivity contribution < 1.29 is 9.72 Å². The molecule has 6 heteroatoms. The number of nitrogens with one attached hydrogen (secondary N) is 1. The van der Waals surface area contributed by atoms with E-state index >= 15 is 0 Å². The number of halogens is 1. The monoisotopic (exact) mass is 328 g/mol. The second-order valence-electron chi connectivity index (χ2n) is 4.76. The van der Waals surface area contributed by atoms with Crippen LogP contribution in [-0.4, -0.2) is 21.7 Å². The lowest BCUT2D eigenvalue weighted by atomic mass is 10.00. The number of carbonyl (C=O) groups excluding carboxylic acids is 1. The van der Waals surface area contributed by atoms with E-state index in [0.29, 0.717) is 16.5 Å². The lowest BCUT2D eigenvalue weighted by Crippen LogP contribution is -2.47. The molecule has 1 amide bonds. The summed E-state index contributed by atoms with van der Waals surface area (Å²) in [5.74, 6) is -0.212. The van der Waals surface area contributed by atoms with Crippen molar-refractivity contribution in [1.29, 1.82) is 0 Å². The molecule has 0 aliphatic heterocycles. The van der Waals surface area contributed by atoms with Crippen LogP contribution >= 0.6 is 15.9 Å². The lowest BCUT2D eigenvalue weighted by molar-refractivity contribution is -0.384. The Labute approximate surface area is 120 Å². The van der Waals surface area contributed by atoms with Crippen molar-refractivity contribution >= 4 is 27.5 Å². The van der Waals surface area contributed by atoms with Crippen LogP contribution < -0.4 is 5.32 Å². The highest BCUT2D eigenvalue weighted by Crippen LogP contribution is 2.19. The molecule has 1 unspecified atom stereocenters. The molecular formula is C13H17BrN2O3. The van der Waals surface area contributed by atoms with Gasteiger partial charge in [-0.05, 0) is 31.9 Å². The molecule has 0 radical (unpaired) electrons. The van der Waals surface area contributed by atoms with E-state index < -0.39 is 4.92 Å². The third-order valence-electron chi connectivity index (χ3n) is 3.16. The van der Waals surface area contributed by atoms with Gasteiger partial charge in [0.15, 0.2) is 0 Å². The number of nitro benzene ring substituents is 1. The van der Waals surface area contributed by atoms with Crippen LogP contribution in [0.3, 0.4) is 0 Å². The average molecular weight is 329 g/mol. The maximum atomic E-state index is 12.2. The number of benzene rings is 1. The second kappa shape index (κ2) is 6.14. The summed E-state index contributed by atoms with van der Waals surface area (Å²) in [5, 5.41) is 14.2. The number of aryl methyl sites for hydroxylation is 1. The largest absolute Gasteiger partial charge is 0.346 e. The van der Waals surface area contributed by atoms with Gasteiger partial charge in [0, 0.05) is 28.6 Å². The Bertz CT molecular complexity index is 499. The number of nitrogens with zero attached hydrogens (tertiary/aromatic N) is 1. The van der Waals surface area contributed by atoms with Crippen molar-refractivity contribution in [3.05, 3.63) is 39.4 Å². The van der Waals surface area contributed by atoms with Crippen LogP contribution in [0.15, 0.2) is 18.2 Å². The molecule has 0 saturated heterocycles. The van der Waals surface area contributed by atoms with Crippen molar-refractivity contribution in [1.82, 2.24) is 5.32 Å². The molecule has 19 heavy (non-hydrogen) atoms. The van der Waals surface area contributed by atoms with Crippen molar-refractivity contribution in [3.63, 3.8) is 0 Å². The standard InChI is InChI=1S/C13H17BrN2O3/c1-4-13(3,8-14)15-12(17)11-6-5-10(16(18)19)7-9(11)2/h5-7H,4,8H2,1-3H3,(H,15,17). The number of hydrogen-bond acceptors (Lipinski definition) is 3. The van der Waals surface area contributed by atoms with Gasteiger partial charge in [0.2, 0.25) is 0 Å².